The molecule has 0 radical (unpaired) electrons. The van der Waals surface area contributed by atoms with Gasteiger partial charge in [-0.2, -0.15) is 0 Å². The molecule has 2 aromatic rings. The highest BCUT2D eigenvalue weighted by atomic mass is 35.5. The van der Waals surface area contributed by atoms with E-state index in [4.69, 9.17) is 23.2 Å². The Morgan fingerprint density at radius 1 is 1.14 bits per heavy atom. The number of aliphatic hydroxyl groups excluding tert-OH is 1. The molecule has 1 heterocycles. The largest absolute Gasteiger partial charge is 0.388 e. The van der Waals surface area contributed by atoms with Crippen LogP contribution in [0.4, 0.5) is 0 Å². The first kappa shape index (κ1) is 16.8. The molecule has 0 spiro atoms. The molecule has 1 aromatic carbocycles. The molecule has 0 aliphatic carbocycles. The van der Waals surface area contributed by atoms with Crippen LogP contribution < -0.4 is 0 Å². The minimum atomic E-state index is -1.25. The second-order valence-corrected chi connectivity index (χ2v) is 6.85. The van der Waals surface area contributed by atoms with Crippen molar-refractivity contribution in [1.29, 1.82) is 0 Å². The Balaban J connectivity index is 2.17. The smallest absolute Gasteiger partial charge is 0.107 e. The number of hydrogen-bond donors (Lipinski definition) is 2. The van der Waals surface area contributed by atoms with Crippen LogP contribution in [0, 0.1) is 0 Å². The number of rotatable bonds is 7. The lowest BCUT2D eigenvalue weighted by Crippen LogP contribution is -2.37. The quantitative estimate of drug-likeness (QED) is 0.735. The van der Waals surface area contributed by atoms with Crippen molar-refractivity contribution in [2.45, 2.75) is 29.9 Å². The number of alkyl halides is 2. The van der Waals surface area contributed by atoms with E-state index in [9.17, 15) is 10.2 Å². The number of thiophene rings is 1. The average Bonchev–Trinajstić information content (AvgIpc) is 3.02. The molecule has 0 aliphatic rings. The summed E-state index contributed by atoms with van der Waals surface area (Å²) < 4.78 is 0. The Hall–Kier alpha value is -0.580. The van der Waals surface area contributed by atoms with Gasteiger partial charge in [0.1, 0.15) is 5.60 Å². The zero-order chi connectivity index (χ0) is 15.3. The van der Waals surface area contributed by atoms with Gasteiger partial charge in [-0.15, -0.1) is 34.5 Å². The van der Waals surface area contributed by atoms with Gasteiger partial charge < -0.3 is 10.2 Å². The van der Waals surface area contributed by atoms with E-state index in [0.29, 0.717) is 12.3 Å². The van der Waals surface area contributed by atoms with Crippen molar-refractivity contribution in [1.82, 2.24) is 0 Å². The normalized spacial score (nSPS) is 17.1. The fraction of sp³-hybridized carbons (Fsp3) is 0.375. The second kappa shape index (κ2) is 7.61. The first-order valence-electron chi connectivity index (χ1n) is 6.77. The fourth-order valence-corrected chi connectivity index (χ4v) is 3.76. The van der Waals surface area contributed by atoms with Gasteiger partial charge in [0.15, 0.2) is 0 Å². The van der Waals surface area contributed by atoms with Crippen molar-refractivity contribution < 1.29 is 10.2 Å². The summed E-state index contributed by atoms with van der Waals surface area (Å²) in [6.45, 7) is 0. The molecule has 2 nitrogen and oxygen atoms in total. The van der Waals surface area contributed by atoms with Crippen LogP contribution in [0.2, 0.25) is 0 Å². The minimum Gasteiger partial charge on any atom is -0.388 e. The van der Waals surface area contributed by atoms with Crippen molar-refractivity contribution in [3.63, 3.8) is 0 Å². The molecular formula is C16H18Cl2O2S. The Kier molecular flexibility index (Phi) is 6.08. The van der Waals surface area contributed by atoms with E-state index in [1.807, 2.05) is 47.8 Å². The Bertz CT molecular complexity index is 532. The predicted octanol–water partition coefficient (Wildman–Crippen LogP) is 4.30. The minimum absolute atomic E-state index is 0.268. The predicted molar refractivity (Wildman–Crippen MR) is 89.2 cm³/mol. The molecule has 0 amide bonds. The summed E-state index contributed by atoms with van der Waals surface area (Å²) in [6, 6.07) is 13.0. The Morgan fingerprint density at radius 3 is 2.43 bits per heavy atom. The number of aliphatic hydroxyl groups is 2. The van der Waals surface area contributed by atoms with Crippen LogP contribution in [0.3, 0.4) is 0 Å². The third-order valence-corrected chi connectivity index (χ3v) is 5.27. The van der Waals surface area contributed by atoms with Crippen LogP contribution in [0.5, 0.6) is 0 Å². The van der Waals surface area contributed by atoms with Crippen LogP contribution in [0.15, 0.2) is 47.8 Å². The number of benzene rings is 1. The van der Waals surface area contributed by atoms with Crippen molar-refractivity contribution >= 4 is 34.5 Å². The molecule has 3 unspecified atom stereocenters. The Morgan fingerprint density at radius 2 is 1.86 bits per heavy atom. The molecule has 0 aliphatic heterocycles. The van der Waals surface area contributed by atoms with E-state index in [2.05, 4.69) is 0 Å². The van der Waals surface area contributed by atoms with Gasteiger partial charge in [-0.05, 0) is 29.9 Å². The van der Waals surface area contributed by atoms with Gasteiger partial charge in [0, 0.05) is 10.8 Å². The molecule has 0 bridgehead atoms. The summed E-state index contributed by atoms with van der Waals surface area (Å²) in [6.07, 6.45) is -0.0769. The number of halogens is 2. The first-order chi connectivity index (χ1) is 10.1. The topological polar surface area (TPSA) is 40.5 Å². The summed E-state index contributed by atoms with van der Waals surface area (Å²) in [4.78, 5) is 0.849. The van der Waals surface area contributed by atoms with Crippen LogP contribution in [-0.2, 0) is 5.60 Å². The summed E-state index contributed by atoms with van der Waals surface area (Å²) in [7, 11) is 0. The van der Waals surface area contributed by atoms with Gasteiger partial charge in [0.2, 0.25) is 0 Å². The van der Waals surface area contributed by atoms with Crippen LogP contribution >= 0.6 is 34.5 Å². The molecule has 21 heavy (non-hydrogen) atoms. The second-order valence-electron chi connectivity index (χ2n) is 4.96. The molecule has 0 saturated carbocycles. The van der Waals surface area contributed by atoms with E-state index >= 15 is 0 Å². The van der Waals surface area contributed by atoms with E-state index in [0.717, 1.165) is 10.4 Å². The molecular weight excluding hydrogens is 327 g/mol. The molecule has 0 saturated heterocycles. The zero-order valence-corrected chi connectivity index (χ0v) is 13.8. The zero-order valence-electron chi connectivity index (χ0n) is 11.5. The SMILES string of the molecule is OC(CC(Cl)C(O)(CCCl)c1ccccc1)c1cccs1. The van der Waals surface area contributed by atoms with Crippen molar-refractivity contribution in [3.8, 4) is 0 Å². The highest BCUT2D eigenvalue weighted by Gasteiger charge is 2.38. The fourth-order valence-electron chi connectivity index (χ4n) is 2.34. The van der Waals surface area contributed by atoms with E-state index in [-0.39, 0.29) is 6.42 Å². The van der Waals surface area contributed by atoms with E-state index in [1.54, 1.807) is 0 Å². The van der Waals surface area contributed by atoms with Crippen molar-refractivity contribution in [3.05, 3.63) is 58.3 Å². The van der Waals surface area contributed by atoms with Gasteiger partial charge in [-0.1, -0.05) is 36.4 Å². The number of hydrogen-bond acceptors (Lipinski definition) is 3. The summed E-state index contributed by atoms with van der Waals surface area (Å²) in [5, 5.41) is 22.5. The molecule has 5 heteroatoms. The average molecular weight is 345 g/mol. The lowest BCUT2D eigenvalue weighted by Gasteiger charge is -2.33. The first-order valence-corrected chi connectivity index (χ1v) is 8.62. The molecule has 2 rings (SSSR count). The summed E-state index contributed by atoms with van der Waals surface area (Å²) in [5.74, 6) is 0.295. The van der Waals surface area contributed by atoms with E-state index < -0.39 is 17.1 Å². The van der Waals surface area contributed by atoms with Gasteiger partial charge in [0.05, 0.1) is 11.5 Å². The lowest BCUT2D eigenvalue weighted by molar-refractivity contribution is 0.0131. The van der Waals surface area contributed by atoms with Gasteiger partial charge in [-0.3, -0.25) is 0 Å². The summed E-state index contributed by atoms with van der Waals surface area (Å²) >= 11 is 13.8. The van der Waals surface area contributed by atoms with Gasteiger partial charge >= 0.3 is 0 Å². The lowest BCUT2D eigenvalue weighted by atomic mass is 9.85. The third kappa shape index (κ3) is 3.99. The monoisotopic (exact) mass is 344 g/mol. The maximum atomic E-state index is 11.0. The van der Waals surface area contributed by atoms with Crippen LogP contribution in [0.25, 0.3) is 0 Å². The van der Waals surface area contributed by atoms with Crippen molar-refractivity contribution in [2.75, 3.05) is 5.88 Å². The molecule has 3 atom stereocenters. The van der Waals surface area contributed by atoms with Gasteiger partial charge in [0.25, 0.3) is 0 Å². The van der Waals surface area contributed by atoms with Crippen molar-refractivity contribution in [2.24, 2.45) is 0 Å². The summed E-state index contributed by atoms with van der Waals surface area (Å²) in [5.41, 5.74) is -0.521. The van der Waals surface area contributed by atoms with Crippen LogP contribution in [0.1, 0.15) is 29.4 Å². The maximum Gasteiger partial charge on any atom is 0.107 e. The van der Waals surface area contributed by atoms with Crippen LogP contribution in [-0.4, -0.2) is 21.5 Å². The third-order valence-electron chi connectivity index (χ3n) is 3.57. The highest BCUT2D eigenvalue weighted by Crippen LogP contribution is 2.38. The molecule has 2 N–H and O–H groups in total. The maximum absolute atomic E-state index is 11.0. The molecule has 0 fully saturated rings. The molecule has 1 aromatic heterocycles. The van der Waals surface area contributed by atoms with Gasteiger partial charge in [-0.25, -0.2) is 0 Å². The van der Waals surface area contributed by atoms with E-state index in [1.165, 1.54) is 11.3 Å². The molecule has 114 valence electrons. The standard InChI is InChI=1S/C16H18Cl2O2S/c17-9-8-16(20,12-5-2-1-3-6-12)15(18)11-13(19)14-7-4-10-21-14/h1-7,10,13,15,19-20H,8-9,11H2. The highest BCUT2D eigenvalue weighted by molar-refractivity contribution is 7.10. The Labute approximate surface area is 139 Å².